The van der Waals surface area contributed by atoms with Crippen molar-refractivity contribution < 1.29 is 14.3 Å². The Morgan fingerprint density at radius 2 is 2.16 bits per heavy atom. The van der Waals surface area contributed by atoms with Crippen LogP contribution in [0.3, 0.4) is 0 Å². The Labute approximate surface area is 113 Å². The Balaban J connectivity index is 2.46. The van der Waals surface area contributed by atoms with Gasteiger partial charge in [0.2, 0.25) is 0 Å². The van der Waals surface area contributed by atoms with Crippen molar-refractivity contribution in [2.24, 2.45) is 16.3 Å². The van der Waals surface area contributed by atoms with Crippen LogP contribution in [0.25, 0.3) is 0 Å². The molecule has 0 saturated heterocycles. The lowest BCUT2D eigenvalue weighted by Gasteiger charge is -2.22. The van der Waals surface area contributed by atoms with Crippen LogP contribution in [0, 0.1) is 18.2 Å². The lowest BCUT2D eigenvalue weighted by molar-refractivity contribution is 0.268. The summed E-state index contributed by atoms with van der Waals surface area (Å²) in [5, 5.41) is 11.7. The van der Waals surface area contributed by atoms with E-state index in [1.807, 2.05) is 13.8 Å². The van der Waals surface area contributed by atoms with Crippen LogP contribution in [0.5, 0.6) is 5.75 Å². The zero-order chi connectivity index (χ0) is 14.5. The van der Waals surface area contributed by atoms with E-state index in [0.29, 0.717) is 25.0 Å². The first-order chi connectivity index (χ1) is 8.88. The summed E-state index contributed by atoms with van der Waals surface area (Å²) in [5.74, 6) is 0.133. The Kier molecular flexibility index (Phi) is 5.15. The van der Waals surface area contributed by atoms with Crippen molar-refractivity contribution in [1.82, 2.24) is 0 Å². The molecule has 0 bridgehead atoms. The Hall–Kier alpha value is -1.78. The van der Waals surface area contributed by atoms with Crippen LogP contribution in [0.4, 0.5) is 4.39 Å². The van der Waals surface area contributed by atoms with Crippen molar-refractivity contribution in [2.45, 2.75) is 33.6 Å². The average Bonchev–Trinajstić information content (AvgIpc) is 2.38. The molecule has 0 unspecified atom stereocenters. The molecule has 0 spiro atoms. The van der Waals surface area contributed by atoms with Gasteiger partial charge in [-0.3, -0.25) is 0 Å². The first-order valence-corrected chi connectivity index (χ1v) is 6.24. The van der Waals surface area contributed by atoms with E-state index in [1.54, 1.807) is 25.1 Å². The topological polar surface area (TPSA) is 67.8 Å². The summed E-state index contributed by atoms with van der Waals surface area (Å²) >= 11 is 0. The third kappa shape index (κ3) is 4.12. The Morgan fingerprint density at radius 1 is 1.47 bits per heavy atom. The van der Waals surface area contributed by atoms with Crippen molar-refractivity contribution >= 4 is 5.84 Å². The summed E-state index contributed by atoms with van der Waals surface area (Å²) < 4.78 is 19.1. The zero-order valence-electron chi connectivity index (χ0n) is 11.6. The second kappa shape index (κ2) is 6.41. The van der Waals surface area contributed by atoms with Gasteiger partial charge in [-0.05, 0) is 31.4 Å². The molecule has 0 aliphatic carbocycles. The van der Waals surface area contributed by atoms with Gasteiger partial charge in [0.1, 0.15) is 5.84 Å². The SMILES string of the molecule is Cc1cccc(OCCCC(C)(C)/C(N)=N/O)c1F. The predicted molar refractivity (Wildman–Crippen MR) is 73.1 cm³/mol. The fourth-order valence-electron chi connectivity index (χ4n) is 1.69. The van der Waals surface area contributed by atoms with Gasteiger partial charge in [-0.15, -0.1) is 0 Å². The van der Waals surface area contributed by atoms with Crippen LogP contribution in [0.15, 0.2) is 23.4 Å². The second-order valence-corrected chi connectivity index (χ2v) is 5.21. The minimum Gasteiger partial charge on any atom is -0.491 e. The zero-order valence-corrected chi connectivity index (χ0v) is 11.6. The number of oxime groups is 1. The quantitative estimate of drug-likeness (QED) is 0.274. The van der Waals surface area contributed by atoms with E-state index < -0.39 is 5.41 Å². The van der Waals surface area contributed by atoms with Gasteiger partial charge in [0.15, 0.2) is 11.6 Å². The molecule has 5 heteroatoms. The molecule has 0 atom stereocenters. The Bertz CT molecular complexity index is 459. The standard InChI is InChI=1S/C14H21FN2O2/c1-10-6-4-7-11(12(10)15)19-9-5-8-14(2,3)13(16)17-18/h4,6-7,18H,5,8-9H2,1-3H3,(H2,16,17). The fraction of sp³-hybridized carbons (Fsp3) is 0.500. The molecule has 0 heterocycles. The van der Waals surface area contributed by atoms with Gasteiger partial charge in [-0.2, -0.15) is 0 Å². The highest BCUT2D eigenvalue weighted by Crippen LogP contribution is 2.24. The summed E-state index contributed by atoms with van der Waals surface area (Å²) in [7, 11) is 0. The van der Waals surface area contributed by atoms with E-state index in [2.05, 4.69) is 5.16 Å². The number of nitrogens with two attached hydrogens (primary N) is 1. The maximum absolute atomic E-state index is 13.6. The van der Waals surface area contributed by atoms with Gasteiger partial charge in [0, 0.05) is 5.41 Å². The molecular formula is C14H21FN2O2. The van der Waals surface area contributed by atoms with Gasteiger partial charge in [-0.25, -0.2) is 4.39 Å². The number of nitrogens with zero attached hydrogens (tertiary/aromatic N) is 1. The minimum atomic E-state index is -0.400. The predicted octanol–water partition coefficient (Wildman–Crippen LogP) is 3.07. The van der Waals surface area contributed by atoms with E-state index in [4.69, 9.17) is 15.7 Å². The Morgan fingerprint density at radius 3 is 2.79 bits per heavy atom. The van der Waals surface area contributed by atoms with Crippen LogP contribution < -0.4 is 10.5 Å². The second-order valence-electron chi connectivity index (χ2n) is 5.21. The molecule has 1 aromatic rings. The average molecular weight is 268 g/mol. The van der Waals surface area contributed by atoms with Crippen molar-refractivity contribution in [3.8, 4) is 5.75 Å². The van der Waals surface area contributed by atoms with Crippen molar-refractivity contribution in [3.63, 3.8) is 0 Å². The first-order valence-electron chi connectivity index (χ1n) is 6.24. The van der Waals surface area contributed by atoms with Gasteiger partial charge >= 0.3 is 0 Å². The van der Waals surface area contributed by atoms with Crippen LogP contribution in [0.2, 0.25) is 0 Å². The number of benzene rings is 1. The number of hydrogen-bond donors (Lipinski definition) is 2. The van der Waals surface area contributed by atoms with Crippen molar-refractivity contribution in [3.05, 3.63) is 29.6 Å². The largest absolute Gasteiger partial charge is 0.491 e. The monoisotopic (exact) mass is 268 g/mol. The number of rotatable bonds is 6. The normalized spacial score (nSPS) is 12.5. The van der Waals surface area contributed by atoms with E-state index in [0.717, 1.165) is 0 Å². The number of hydrogen-bond acceptors (Lipinski definition) is 3. The van der Waals surface area contributed by atoms with Crippen molar-refractivity contribution in [1.29, 1.82) is 0 Å². The fourth-order valence-corrected chi connectivity index (χ4v) is 1.69. The van der Waals surface area contributed by atoms with Gasteiger partial charge in [-0.1, -0.05) is 31.1 Å². The van der Waals surface area contributed by atoms with Crippen LogP contribution >= 0.6 is 0 Å². The number of aryl methyl sites for hydroxylation is 1. The summed E-state index contributed by atoms with van der Waals surface area (Å²) in [6, 6.07) is 5.06. The molecule has 1 aromatic carbocycles. The van der Waals surface area contributed by atoms with E-state index in [9.17, 15) is 4.39 Å². The molecule has 0 aromatic heterocycles. The molecule has 0 radical (unpaired) electrons. The van der Waals surface area contributed by atoms with Gasteiger partial charge in [0.25, 0.3) is 0 Å². The number of ether oxygens (including phenoxy) is 1. The van der Waals surface area contributed by atoms with E-state index in [1.165, 1.54) is 0 Å². The molecule has 0 fully saturated rings. The molecular weight excluding hydrogens is 247 g/mol. The highest BCUT2D eigenvalue weighted by Gasteiger charge is 2.23. The molecule has 4 nitrogen and oxygen atoms in total. The summed E-state index contributed by atoms with van der Waals surface area (Å²) in [4.78, 5) is 0. The molecule has 0 amide bonds. The molecule has 3 N–H and O–H groups in total. The minimum absolute atomic E-state index is 0.189. The summed E-state index contributed by atoms with van der Waals surface area (Å²) in [6.07, 6.45) is 1.38. The smallest absolute Gasteiger partial charge is 0.167 e. The molecule has 0 saturated carbocycles. The third-order valence-corrected chi connectivity index (χ3v) is 3.16. The summed E-state index contributed by atoms with van der Waals surface area (Å²) in [6.45, 7) is 5.86. The maximum Gasteiger partial charge on any atom is 0.167 e. The lowest BCUT2D eigenvalue weighted by atomic mass is 9.87. The van der Waals surface area contributed by atoms with E-state index in [-0.39, 0.29) is 17.4 Å². The van der Waals surface area contributed by atoms with Crippen molar-refractivity contribution in [2.75, 3.05) is 6.61 Å². The molecule has 19 heavy (non-hydrogen) atoms. The highest BCUT2D eigenvalue weighted by atomic mass is 19.1. The number of amidine groups is 1. The molecule has 0 aliphatic heterocycles. The third-order valence-electron chi connectivity index (χ3n) is 3.16. The van der Waals surface area contributed by atoms with Crippen LogP contribution in [0.1, 0.15) is 32.3 Å². The lowest BCUT2D eigenvalue weighted by Crippen LogP contribution is -2.32. The molecule has 106 valence electrons. The van der Waals surface area contributed by atoms with Crippen LogP contribution in [-0.4, -0.2) is 17.6 Å². The maximum atomic E-state index is 13.6. The molecule has 1 rings (SSSR count). The summed E-state index contributed by atoms with van der Waals surface area (Å²) in [5.41, 5.74) is 5.75. The van der Waals surface area contributed by atoms with E-state index >= 15 is 0 Å². The highest BCUT2D eigenvalue weighted by molar-refractivity contribution is 5.85. The van der Waals surface area contributed by atoms with Crippen LogP contribution in [-0.2, 0) is 0 Å². The van der Waals surface area contributed by atoms with Gasteiger partial charge in [0.05, 0.1) is 6.61 Å². The van der Waals surface area contributed by atoms with Gasteiger partial charge < -0.3 is 15.7 Å². The first kappa shape index (κ1) is 15.3. The number of halogens is 1. The molecule has 0 aliphatic rings.